The van der Waals surface area contributed by atoms with E-state index in [0.29, 0.717) is 11.3 Å². The zero-order chi connectivity index (χ0) is 9.14. The summed E-state index contributed by atoms with van der Waals surface area (Å²) in [5.41, 5.74) is 0.762. The van der Waals surface area contributed by atoms with Crippen molar-refractivity contribution >= 4 is 5.97 Å². The molecule has 0 aliphatic carbocycles. The van der Waals surface area contributed by atoms with Crippen LogP contribution in [0.5, 0.6) is 0 Å². The average molecular weight is 162 g/mol. The summed E-state index contributed by atoms with van der Waals surface area (Å²) in [7, 11) is 0. The molecule has 0 saturated heterocycles. The van der Waals surface area contributed by atoms with Crippen molar-refractivity contribution in [1.82, 2.24) is 4.98 Å². The van der Waals surface area contributed by atoms with Gasteiger partial charge in [0.05, 0.1) is 11.6 Å². The van der Waals surface area contributed by atoms with Crippen LogP contribution in [0.2, 0.25) is 0 Å². The van der Waals surface area contributed by atoms with Gasteiger partial charge in [-0.15, -0.1) is 0 Å². The molecule has 0 atom stereocenters. The van der Waals surface area contributed by atoms with E-state index in [1.54, 1.807) is 6.92 Å². The molecule has 0 aliphatic heterocycles. The molecule has 0 bridgehead atoms. The number of aromatic nitrogens is 1. The van der Waals surface area contributed by atoms with Gasteiger partial charge in [-0.2, -0.15) is 5.26 Å². The van der Waals surface area contributed by atoms with Gasteiger partial charge >= 0.3 is 5.97 Å². The first kappa shape index (κ1) is 8.21. The number of pyridine rings is 1. The van der Waals surface area contributed by atoms with Gasteiger partial charge < -0.3 is 5.11 Å². The third kappa shape index (κ3) is 1.58. The molecule has 12 heavy (non-hydrogen) atoms. The third-order valence-electron chi connectivity index (χ3n) is 1.30. The van der Waals surface area contributed by atoms with Gasteiger partial charge in [-0.25, -0.2) is 9.78 Å². The molecule has 4 nitrogen and oxygen atoms in total. The average Bonchev–Trinajstić information content (AvgIpc) is 2.03. The van der Waals surface area contributed by atoms with Crippen LogP contribution in [-0.2, 0) is 0 Å². The molecule has 0 aromatic carbocycles. The molecular formula is C8H6N2O2. The monoisotopic (exact) mass is 162 g/mol. The maximum absolute atomic E-state index is 10.4. The van der Waals surface area contributed by atoms with Gasteiger partial charge in [0.15, 0.2) is 0 Å². The second-order valence-corrected chi connectivity index (χ2v) is 2.30. The molecule has 1 aromatic heterocycles. The summed E-state index contributed by atoms with van der Waals surface area (Å²) < 4.78 is 0. The topological polar surface area (TPSA) is 74.0 Å². The number of nitriles is 1. The summed E-state index contributed by atoms with van der Waals surface area (Å²) in [6, 6.07) is 4.64. The molecule has 0 unspecified atom stereocenters. The lowest BCUT2D eigenvalue weighted by Crippen LogP contribution is -2.01. The standard InChI is InChI=1S/C8H6N2O2/c1-5-2-6(4-9)3-7(10-5)8(11)12/h2-3H,1H3,(H,11,12). The second-order valence-electron chi connectivity index (χ2n) is 2.30. The Bertz CT molecular complexity index is 366. The van der Waals surface area contributed by atoms with Crippen LogP contribution in [0.15, 0.2) is 12.1 Å². The van der Waals surface area contributed by atoms with E-state index in [-0.39, 0.29) is 5.69 Å². The number of hydrogen-bond donors (Lipinski definition) is 1. The number of hydrogen-bond acceptors (Lipinski definition) is 3. The third-order valence-corrected chi connectivity index (χ3v) is 1.30. The number of aromatic carboxylic acids is 1. The van der Waals surface area contributed by atoms with Gasteiger partial charge in [0, 0.05) is 5.69 Å². The molecule has 60 valence electrons. The maximum Gasteiger partial charge on any atom is 0.354 e. The number of carboxylic acids is 1. The highest BCUT2D eigenvalue weighted by atomic mass is 16.4. The Morgan fingerprint density at radius 3 is 2.83 bits per heavy atom. The van der Waals surface area contributed by atoms with Crippen molar-refractivity contribution < 1.29 is 9.90 Å². The van der Waals surface area contributed by atoms with E-state index >= 15 is 0 Å². The van der Waals surface area contributed by atoms with Crippen LogP contribution in [-0.4, -0.2) is 16.1 Å². The van der Waals surface area contributed by atoms with Crippen molar-refractivity contribution in [2.45, 2.75) is 6.92 Å². The van der Waals surface area contributed by atoms with E-state index in [1.165, 1.54) is 12.1 Å². The van der Waals surface area contributed by atoms with Crippen molar-refractivity contribution in [2.75, 3.05) is 0 Å². The Labute approximate surface area is 69.1 Å². The van der Waals surface area contributed by atoms with Gasteiger partial charge in [0.1, 0.15) is 5.69 Å². The Morgan fingerprint density at radius 2 is 2.33 bits per heavy atom. The molecule has 1 heterocycles. The highest BCUT2D eigenvalue weighted by Gasteiger charge is 2.06. The lowest BCUT2D eigenvalue weighted by molar-refractivity contribution is 0.0690. The lowest BCUT2D eigenvalue weighted by atomic mass is 10.2. The van der Waals surface area contributed by atoms with Crippen LogP contribution in [0.25, 0.3) is 0 Å². The predicted molar refractivity (Wildman–Crippen MR) is 40.6 cm³/mol. The molecular weight excluding hydrogens is 156 g/mol. The van der Waals surface area contributed by atoms with E-state index < -0.39 is 5.97 Å². The summed E-state index contributed by atoms with van der Waals surface area (Å²) in [5, 5.41) is 17.1. The van der Waals surface area contributed by atoms with Gasteiger partial charge in [-0.05, 0) is 19.1 Å². The van der Waals surface area contributed by atoms with Crippen LogP contribution in [0.4, 0.5) is 0 Å². The van der Waals surface area contributed by atoms with Crippen LogP contribution >= 0.6 is 0 Å². The molecule has 0 fully saturated rings. The smallest absolute Gasteiger partial charge is 0.354 e. The van der Waals surface area contributed by atoms with Crippen LogP contribution in [0, 0.1) is 18.3 Å². The predicted octanol–water partition coefficient (Wildman–Crippen LogP) is 0.960. The summed E-state index contributed by atoms with van der Waals surface area (Å²) in [4.78, 5) is 14.2. The molecule has 4 heteroatoms. The first-order chi connectivity index (χ1) is 5.63. The van der Waals surface area contributed by atoms with Crippen LogP contribution < -0.4 is 0 Å². The first-order valence-electron chi connectivity index (χ1n) is 3.25. The van der Waals surface area contributed by atoms with E-state index in [4.69, 9.17) is 10.4 Å². The highest BCUT2D eigenvalue weighted by molar-refractivity contribution is 5.85. The van der Waals surface area contributed by atoms with E-state index in [2.05, 4.69) is 4.98 Å². The summed E-state index contributed by atoms with van der Waals surface area (Å²) in [6.45, 7) is 1.65. The molecule has 0 aliphatic rings. The van der Waals surface area contributed by atoms with Gasteiger partial charge in [-0.1, -0.05) is 0 Å². The molecule has 1 N–H and O–H groups in total. The lowest BCUT2D eigenvalue weighted by Gasteiger charge is -1.96. The summed E-state index contributed by atoms with van der Waals surface area (Å²) >= 11 is 0. The number of carboxylic acid groups (broad SMARTS) is 1. The molecule has 1 aromatic rings. The molecule has 0 amide bonds. The fourth-order valence-corrected chi connectivity index (χ4v) is 0.843. The molecule has 1 rings (SSSR count). The minimum atomic E-state index is -1.12. The van der Waals surface area contributed by atoms with Crippen LogP contribution in [0.3, 0.4) is 0 Å². The minimum absolute atomic E-state index is 0.0912. The van der Waals surface area contributed by atoms with Crippen molar-refractivity contribution in [2.24, 2.45) is 0 Å². The first-order valence-corrected chi connectivity index (χ1v) is 3.25. The van der Waals surface area contributed by atoms with Crippen molar-refractivity contribution in [3.63, 3.8) is 0 Å². The summed E-state index contributed by atoms with van der Waals surface area (Å²) in [6.07, 6.45) is 0. The Kier molecular flexibility index (Phi) is 2.06. The number of rotatable bonds is 1. The molecule has 0 spiro atoms. The SMILES string of the molecule is Cc1cc(C#N)cc(C(=O)O)n1. The fourth-order valence-electron chi connectivity index (χ4n) is 0.843. The number of nitrogens with zero attached hydrogens (tertiary/aromatic N) is 2. The van der Waals surface area contributed by atoms with Gasteiger partial charge in [0.25, 0.3) is 0 Å². The van der Waals surface area contributed by atoms with Gasteiger partial charge in [-0.3, -0.25) is 0 Å². The van der Waals surface area contributed by atoms with Gasteiger partial charge in [0.2, 0.25) is 0 Å². The Morgan fingerprint density at radius 1 is 1.67 bits per heavy atom. The van der Waals surface area contributed by atoms with E-state index in [9.17, 15) is 4.79 Å². The Hall–Kier alpha value is -1.89. The van der Waals surface area contributed by atoms with Crippen molar-refractivity contribution in [1.29, 1.82) is 5.26 Å². The molecule has 0 saturated carbocycles. The van der Waals surface area contributed by atoms with Crippen LogP contribution in [0.1, 0.15) is 21.7 Å². The quantitative estimate of drug-likeness (QED) is 0.667. The van der Waals surface area contributed by atoms with E-state index in [1.807, 2.05) is 6.07 Å². The van der Waals surface area contributed by atoms with Crippen molar-refractivity contribution in [3.05, 3.63) is 29.1 Å². The van der Waals surface area contributed by atoms with Crippen molar-refractivity contribution in [3.8, 4) is 6.07 Å². The zero-order valence-electron chi connectivity index (χ0n) is 6.40. The van der Waals surface area contributed by atoms with E-state index in [0.717, 1.165) is 0 Å². The highest BCUT2D eigenvalue weighted by Crippen LogP contribution is 2.03. The minimum Gasteiger partial charge on any atom is -0.477 e. The second kappa shape index (κ2) is 3.01. The number of carbonyl (C=O) groups is 1. The zero-order valence-corrected chi connectivity index (χ0v) is 6.40. The summed E-state index contributed by atoms with van der Waals surface area (Å²) in [5.74, 6) is -1.12. The largest absolute Gasteiger partial charge is 0.477 e. The normalized spacial score (nSPS) is 9.00. The number of aryl methyl sites for hydroxylation is 1. The molecule has 0 radical (unpaired) electrons. The maximum atomic E-state index is 10.4. The fraction of sp³-hybridized carbons (Fsp3) is 0.125. The Balaban J connectivity index is 3.26.